The average molecular weight is 430 g/mol. The third-order valence-corrected chi connectivity index (χ3v) is 4.48. The van der Waals surface area contributed by atoms with E-state index in [0.717, 1.165) is 11.1 Å². The molecule has 0 aliphatic heterocycles. The predicted octanol–water partition coefficient (Wildman–Crippen LogP) is 4.74. The monoisotopic (exact) mass is 429 g/mol. The van der Waals surface area contributed by atoms with Crippen molar-refractivity contribution in [3.05, 3.63) is 87.7 Å². The number of hydrogen-bond acceptors (Lipinski definition) is 5. The van der Waals surface area contributed by atoms with Crippen LogP contribution in [0.15, 0.2) is 66.0 Å². The number of amides is 1. The number of benzene rings is 2. The molecule has 0 atom stereocenters. The smallest absolute Gasteiger partial charge is 0.272 e. The van der Waals surface area contributed by atoms with Crippen LogP contribution >= 0.6 is 23.2 Å². The molecule has 3 aromatic rings. The number of hydrogen-bond donors (Lipinski definition) is 1. The van der Waals surface area contributed by atoms with Crippen molar-refractivity contribution in [3.8, 4) is 11.5 Å². The van der Waals surface area contributed by atoms with Gasteiger partial charge in [0.05, 0.1) is 18.9 Å². The van der Waals surface area contributed by atoms with Gasteiger partial charge in [0.15, 0.2) is 11.5 Å². The van der Waals surface area contributed by atoms with Gasteiger partial charge in [0.25, 0.3) is 5.91 Å². The van der Waals surface area contributed by atoms with E-state index in [1.807, 2.05) is 6.07 Å². The molecule has 6 nitrogen and oxygen atoms in total. The third kappa shape index (κ3) is 5.70. The Bertz CT molecular complexity index is 1030. The summed E-state index contributed by atoms with van der Waals surface area (Å²) in [6, 6.07) is 13.9. The highest BCUT2D eigenvalue weighted by Gasteiger charge is 2.08. The van der Waals surface area contributed by atoms with Crippen molar-refractivity contribution in [2.45, 2.75) is 6.61 Å². The van der Waals surface area contributed by atoms with E-state index >= 15 is 0 Å². The van der Waals surface area contributed by atoms with Crippen LogP contribution in [0.25, 0.3) is 0 Å². The molecule has 1 N–H and O–H groups in total. The van der Waals surface area contributed by atoms with Crippen molar-refractivity contribution in [2.75, 3.05) is 7.11 Å². The van der Waals surface area contributed by atoms with Crippen LogP contribution in [-0.2, 0) is 6.61 Å². The van der Waals surface area contributed by atoms with E-state index < -0.39 is 0 Å². The summed E-state index contributed by atoms with van der Waals surface area (Å²) < 4.78 is 11.2. The molecule has 0 fully saturated rings. The first-order valence-electron chi connectivity index (χ1n) is 8.55. The van der Waals surface area contributed by atoms with Crippen LogP contribution < -0.4 is 14.9 Å². The van der Waals surface area contributed by atoms with Gasteiger partial charge in [0.2, 0.25) is 0 Å². The lowest BCUT2D eigenvalue weighted by molar-refractivity contribution is 0.0955. The second kappa shape index (κ2) is 9.91. The molecule has 3 rings (SSSR count). The van der Waals surface area contributed by atoms with Crippen molar-refractivity contribution >= 4 is 35.3 Å². The van der Waals surface area contributed by atoms with E-state index in [4.69, 9.17) is 32.7 Å². The van der Waals surface area contributed by atoms with Crippen molar-refractivity contribution < 1.29 is 14.3 Å². The molecule has 2 aromatic carbocycles. The highest BCUT2D eigenvalue weighted by molar-refractivity contribution is 6.35. The standard InChI is InChI=1S/C21H17Cl2N3O3/c1-28-20-9-14(11-25-26-21(27)15-3-2-8-24-12-15)4-7-19(20)29-13-16-5-6-17(22)10-18(16)23/h2-12H,13H2,1H3,(H,26,27). The van der Waals surface area contributed by atoms with Crippen LogP contribution in [-0.4, -0.2) is 24.2 Å². The molecule has 0 bridgehead atoms. The van der Waals surface area contributed by atoms with E-state index in [2.05, 4.69) is 15.5 Å². The fraction of sp³-hybridized carbons (Fsp3) is 0.0952. The molecule has 29 heavy (non-hydrogen) atoms. The first kappa shape index (κ1) is 20.6. The Balaban J connectivity index is 1.64. The number of ether oxygens (including phenoxy) is 2. The zero-order chi connectivity index (χ0) is 20.6. The highest BCUT2D eigenvalue weighted by Crippen LogP contribution is 2.29. The van der Waals surface area contributed by atoms with Crippen molar-refractivity contribution in [2.24, 2.45) is 5.10 Å². The zero-order valence-electron chi connectivity index (χ0n) is 15.4. The van der Waals surface area contributed by atoms with Gasteiger partial charge in [-0.05, 0) is 48.0 Å². The Kier molecular flexibility index (Phi) is 7.05. The Morgan fingerprint density at radius 3 is 2.76 bits per heavy atom. The van der Waals surface area contributed by atoms with E-state index in [1.165, 1.54) is 12.4 Å². The van der Waals surface area contributed by atoms with Crippen molar-refractivity contribution in [1.82, 2.24) is 10.4 Å². The number of methoxy groups -OCH3 is 1. The Hall–Kier alpha value is -3.09. The molecule has 0 spiro atoms. The summed E-state index contributed by atoms with van der Waals surface area (Å²) in [5, 5.41) is 5.06. The van der Waals surface area contributed by atoms with Crippen LogP contribution in [0.5, 0.6) is 11.5 Å². The summed E-state index contributed by atoms with van der Waals surface area (Å²) in [5.41, 5.74) is 4.41. The van der Waals surface area contributed by atoms with Crippen LogP contribution in [0.2, 0.25) is 10.0 Å². The SMILES string of the molecule is COc1cc(C=NNC(=O)c2cccnc2)ccc1OCc1ccc(Cl)cc1Cl. The van der Waals surface area contributed by atoms with Gasteiger partial charge in [0.1, 0.15) is 6.61 Å². The maximum Gasteiger partial charge on any atom is 0.272 e. The van der Waals surface area contributed by atoms with E-state index in [0.29, 0.717) is 27.1 Å². The molecule has 0 aliphatic rings. The lowest BCUT2D eigenvalue weighted by atomic mass is 10.2. The number of halogens is 2. The van der Waals surface area contributed by atoms with Gasteiger partial charge in [-0.2, -0.15) is 5.10 Å². The van der Waals surface area contributed by atoms with Crippen LogP contribution in [0.1, 0.15) is 21.5 Å². The van der Waals surface area contributed by atoms with E-state index in [9.17, 15) is 4.79 Å². The second-order valence-corrected chi connectivity index (χ2v) is 6.72. The van der Waals surface area contributed by atoms with Crippen molar-refractivity contribution in [3.63, 3.8) is 0 Å². The number of carbonyl (C=O) groups excluding carboxylic acids is 1. The molecular weight excluding hydrogens is 413 g/mol. The third-order valence-electron chi connectivity index (χ3n) is 3.89. The molecular formula is C21H17Cl2N3O3. The second-order valence-electron chi connectivity index (χ2n) is 5.88. The lowest BCUT2D eigenvalue weighted by Crippen LogP contribution is -2.17. The number of hydrazone groups is 1. The fourth-order valence-electron chi connectivity index (χ4n) is 2.41. The number of pyridine rings is 1. The molecule has 0 aliphatic carbocycles. The number of rotatable bonds is 7. The van der Waals surface area contributed by atoms with Gasteiger partial charge in [-0.3, -0.25) is 9.78 Å². The summed E-state index contributed by atoms with van der Waals surface area (Å²) in [6.07, 6.45) is 4.57. The quantitative estimate of drug-likeness (QED) is 0.434. The number of aromatic nitrogens is 1. The molecule has 0 radical (unpaired) electrons. The van der Waals surface area contributed by atoms with Gasteiger partial charge in [-0.15, -0.1) is 0 Å². The minimum Gasteiger partial charge on any atom is -0.493 e. The Morgan fingerprint density at radius 1 is 1.17 bits per heavy atom. The summed E-state index contributed by atoms with van der Waals surface area (Å²) in [5.74, 6) is 0.730. The maximum atomic E-state index is 12.0. The van der Waals surface area contributed by atoms with E-state index in [1.54, 1.807) is 55.8 Å². The molecule has 0 unspecified atom stereocenters. The number of carbonyl (C=O) groups is 1. The van der Waals surface area contributed by atoms with Gasteiger partial charge in [-0.25, -0.2) is 5.43 Å². The fourth-order valence-corrected chi connectivity index (χ4v) is 2.87. The first-order valence-corrected chi connectivity index (χ1v) is 9.30. The normalized spacial score (nSPS) is 10.7. The maximum absolute atomic E-state index is 12.0. The lowest BCUT2D eigenvalue weighted by Gasteiger charge is -2.12. The summed E-state index contributed by atoms with van der Waals surface area (Å²) in [7, 11) is 1.54. The minimum atomic E-state index is -0.346. The molecule has 0 saturated heterocycles. The highest BCUT2D eigenvalue weighted by atomic mass is 35.5. The minimum absolute atomic E-state index is 0.265. The average Bonchev–Trinajstić information content (AvgIpc) is 2.74. The predicted molar refractivity (Wildman–Crippen MR) is 113 cm³/mol. The molecule has 1 aromatic heterocycles. The molecule has 8 heteroatoms. The molecule has 1 amide bonds. The first-order chi connectivity index (χ1) is 14.1. The summed E-state index contributed by atoms with van der Waals surface area (Å²) >= 11 is 12.1. The molecule has 0 saturated carbocycles. The van der Waals surface area contributed by atoms with Crippen LogP contribution in [0, 0.1) is 0 Å². The summed E-state index contributed by atoms with van der Waals surface area (Å²) in [6.45, 7) is 0.265. The molecule has 1 heterocycles. The van der Waals surface area contributed by atoms with Crippen molar-refractivity contribution in [1.29, 1.82) is 0 Å². The Labute approximate surface area is 178 Å². The van der Waals surface area contributed by atoms with E-state index in [-0.39, 0.29) is 12.5 Å². The number of nitrogens with zero attached hydrogens (tertiary/aromatic N) is 2. The topological polar surface area (TPSA) is 72.8 Å². The largest absolute Gasteiger partial charge is 0.493 e. The van der Waals surface area contributed by atoms with Crippen LogP contribution in [0.4, 0.5) is 0 Å². The summed E-state index contributed by atoms with van der Waals surface area (Å²) in [4.78, 5) is 15.8. The van der Waals surface area contributed by atoms with Gasteiger partial charge in [0, 0.05) is 28.0 Å². The molecule has 148 valence electrons. The van der Waals surface area contributed by atoms with Crippen LogP contribution in [0.3, 0.4) is 0 Å². The van der Waals surface area contributed by atoms with Gasteiger partial charge >= 0.3 is 0 Å². The Morgan fingerprint density at radius 2 is 2.03 bits per heavy atom. The van der Waals surface area contributed by atoms with Gasteiger partial charge < -0.3 is 9.47 Å². The zero-order valence-corrected chi connectivity index (χ0v) is 16.9. The number of nitrogens with one attached hydrogen (secondary N) is 1. The van der Waals surface area contributed by atoms with Gasteiger partial charge in [-0.1, -0.05) is 29.3 Å².